The summed E-state index contributed by atoms with van der Waals surface area (Å²) in [6.07, 6.45) is 3.43. The van der Waals surface area contributed by atoms with Gasteiger partial charge in [-0.25, -0.2) is 0 Å². The monoisotopic (exact) mass is 235 g/mol. The Morgan fingerprint density at radius 2 is 2.29 bits per heavy atom. The number of nitrogens with zero attached hydrogens (tertiary/aromatic N) is 1. The van der Waals surface area contributed by atoms with Crippen molar-refractivity contribution in [2.75, 3.05) is 20.6 Å². The predicted molar refractivity (Wildman–Crippen MR) is 67.1 cm³/mol. The lowest BCUT2D eigenvalue weighted by Crippen LogP contribution is -2.28. The van der Waals surface area contributed by atoms with Crippen LogP contribution in [0, 0.1) is 0 Å². The van der Waals surface area contributed by atoms with Gasteiger partial charge in [-0.15, -0.1) is 5.47 Å². The summed E-state index contributed by atoms with van der Waals surface area (Å²) in [6.45, 7) is 2.28. The highest BCUT2D eigenvalue weighted by Crippen LogP contribution is 2.21. The highest BCUT2D eigenvalue weighted by molar-refractivity contribution is 6.22. The molecule has 3 N–H and O–H groups in total. The third-order valence-corrected chi connectivity index (χ3v) is 2.45. The first-order chi connectivity index (χ1) is 7.95. The summed E-state index contributed by atoms with van der Waals surface area (Å²) < 4.78 is 5.33. The minimum atomic E-state index is -0.481. The quantitative estimate of drug-likeness (QED) is 0.276. The summed E-state index contributed by atoms with van der Waals surface area (Å²) in [6, 6.07) is 0. The van der Waals surface area contributed by atoms with Crippen molar-refractivity contribution >= 4 is 13.8 Å². The van der Waals surface area contributed by atoms with Crippen LogP contribution in [0.25, 0.3) is 0 Å². The molecule has 0 aliphatic carbocycles. The van der Waals surface area contributed by atoms with E-state index in [0.717, 1.165) is 0 Å². The van der Waals surface area contributed by atoms with E-state index in [1.807, 2.05) is 19.0 Å². The van der Waals surface area contributed by atoms with Gasteiger partial charge in [0.05, 0.1) is 0 Å². The van der Waals surface area contributed by atoms with E-state index in [-0.39, 0.29) is 12.5 Å². The molecule has 1 heterocycles. The molecular formula is C11H18BN3O2. The van der Waals surface area contributed by atoms with Gasteiger partial charge in [0.25, 0.3) is 0 Å². The fraction of sp³-hybridized carbons (Fsp3) is 0.545. The van der Waals surface area contributed by atoms with Crippen LogP contribution in [-0.2, 0) is 9.53 Å². The number of carbonyl (C=O) groups excluding carboxylic acids is 1. The Bertz CT molecular complexity index is 351. The molecule has 1 amide bonds. The number of rotatable bonds is 6. The lowest BCUT2D eigenvalue weighted by Gasteiger charge is -2.11. The van der Waals surface area contributed by atoms with Gasteiger partial charge >= 0.3 is 0 Å². The van der Waals surface area contributed by atoms with Gasteiger partial charge in [-0.1, -0.05) is 19.1 Å². The van der Waals surface area contributed by atoms with Crippen molar-refractivity contribution in [1.29, 1.82) is 0 Å². The number of likely N-dealkylation sites (N-methyl/N-ethyl adjacent to an activating group) is 2. The third kappa shape index (κ3) is 4.34. The fourth-order valence-corrected chi connectivity index (χ4v) is 1.47. The number of hydrogen-bond acceptors (Lipinski definition) is 4. The topological polar surface area (TPSA) is 70.9 Å². The summed E-state index contributed by atoms with van der Waals surface area (Å²) >= 11 is 0. The average Bonchev–Trinajstić information content (AvgIpc) is 3.02. The number of nitrogens with two attached hydrogens (primary N) is 1. The van der Waals surface area contributed by atoms with E-state index in [1.54, 1.807) is 19.1 Å². The van der Waals surface area contributed by atoms with E-state index >= 15 is 0 Å². The second kappa shape index (κ2) is 6.00. The van der Waals surface area contributed by atoms with Gasteiger partial charge in [0.2, 0.25) is 5.91 Å². The number of allylic oxidation sites excluding steroid dienone is 1. The molecule has 92 valence electrons. The maximum atomic E-state index is 11.1. The molecule has 0 aromatic carbocycles. The predicted octanol–water partition coefficient (Wildman–Crippen LogP) is -0.696. The van der Waals surface area contributed by atoms with Gasteiger partial charge in [0, 0.05) is 12.1 Å². The van der Waals surface area contributed by atoms with Crippen molar-refractivity contribution in [1.82, 2.24) is 10.2 Å². The van der Waals surface area contributed by atoms with Gasteiger partial charge < -0.3 is 10.5 Å². The number of nitrogens with one attached hydrogen (secondary N) is 1. The molecule has 1 fully saturated rings. The van der Waals surface area contributed by atoms with E-state index in [0.29, 0.717) is 17.6 Å². The minimum Gasteiger partial charge on any atom is -0.366 e. The molecule has 1 rings (SSSR count). The van der Waals surface area contributed by atoms with E-state index in [4.69, 9.17) is 18.3 Å². The zero-order valence-electron chi connectivity index (χ0n) is 10.4. The summed E-state index contributed by atoms with van der Waals surface area (Å²) in [7, 11) is 9.27. The second-order valence-electron chi connectivity index (χ2n) is 4.09. The van der Waals surface area contributed by atoms with Crippen LogP contribution in [0.2, 0.25) is 0 Å². The lowest BCUT2D eigenvalue weighted by atomic mass is 9.95. The molecule has 1 aliphatic heterocycles. The lowest BCUT2D eigenvalue weighted by molar-refractivity contribution is -0.114. The van der Waals surface area contributed by atoms with Crippen LogP contribution in [0.4, 0.5) is 0 Å². The Morgan fingerprint density at radius 1 is 1.65 bits per heavy atom. The van der Waals surface area contributed by atoms with Crippen LogP contribution >= 0.6 is 0 Å². The van der Waals surface area contributed by atoms with Crippen LogP contribution in [0.1, 0.15) is 6.92 Å². The van der Waals surface area contributed by atoms with Crippen LogP contribution in [-0.4, -0.2) is 51.7 Å². The Hall–Kier alpha value is -1.11. The van der Waals surface area contributed by atoms with Gasteiger partial charge in [-0.3, -0.25) is 15.0 Å². The number of ether oxygens (including phenoxy) is 1. The Balaban J connectivity index is 2.55. The standard InChI is InChI=1S/C11H18BN3O2/c1-7(12)6-8(9(13)16)4-5-15(3)11-10(14-2)17-11/h4,6,10-11,14H,5H2,1-3H3,(H2,13,16). The van der Waals surface area contributed by atoms with Crippen molar-refractivity contribution in [2.45, 2.75) is 19.4 Å². The van der Waals surface area contributed by atoms with E-state index in [1.165, 1.54) is 0 Å². The molecular weight excluding hydrogens is 217 g/mol. The summed E-state index contributed by atoms with van der Waals surface area (Å²) in [5, 5.41) is 3.00. The number of primary amides is 1. The Labute approximate surface area is 103 Å². The number of amides is 1. The van der Waals surface area contributed by atoms with E-state index < -0.39 is 5.91 Å². The molecule has 2 radical (unpaired) electrons. The largest absolute Gasteiger partial charge is 0.366 e. The molecule has 0 bridgehead atoms. The number of hydrogen-bond donors (Lipinski definition) is 2. The summed E-state index contributed by atoms with van der Waals surface area (Å²) in [4.78, 5) is 13.1. The first-order valence-electron chi connectivity index (χ1n) is 5.42. The molecule has 0 aromatic heterocycles. The molecule has 0 spiro atoms. The van der Waals surface area contributed by atoms with Gasteiger partial charge in [0.15, 0.2) is 12.5 Å². The molecule has 1 aliphatic rings. The molecule has 2 atom stereocenters. The zero-order chi connectivity index (χ0) is 13.0. The van der Waals surface area contributed by atoms with Crippen molar-refractivity contribution in [3.8, 4) is 0 Å². The van der Waals surface area contributed by atoms with Gasteiger partial charge in [-0.05, 0) is 14.1 Å². The molecule has 1 saturated heterocycles. The number of epoxide rings is 1. The summed E-state index contributed by atoms with van der Waals surface area (Å²) in [5.41, 5.74) is 6.21. The first kappa shape index (κ1) is 14.0. The molecule has 2 unspecified atom stereocenters. The van der Waals surface area contributed by atoms with Crippen molar-refractivity contribution < 1.29 is 9.53 Å². The Kier molecular flexibility index (Phi) is 4.93. The van der Waals surface area contributed by atoms with Crippen LogP contribution in [0.5, 0.6) is 0 Å². The summed E-state index contributed by atoms with van der Waals surface area (Å²) in [5.74, 6) is -0.481. The smallest absolute Gasteiger partial charge is 0.248 e. The van der Waals surface area contributed by atoms with E-state index in [2.05, 4.69) is 5.32 Å². The van der Waals surface area contributed by atoms with Crippen LogP contribution in [0.3, 0.4) is 0 Å². The normalized spacial score (nSPS) is 25.2. The number of carbonyl (C=O) groups is 1. The molecule has 0 saturated carbocycles. The second-order valence-corrected chi connectivity index (χ2v) is 4.09. The van der Waals surface area contributed by atoms with Gasteiger partial charge in [0.1, 0.15) is 7.85 Å². The minimum absolute atomic E-state index is 0.0494. The maximum absolute atomic E-state index is 11.1. The van der Waals surface area contributed by atoms with E-state index in [9.17, 15) is 4.79 Å². The maximum Gasteiger partial charge on any atom is 0.248 e. The van der Waals surface area contributed by atoms with Crippen LogP contribution in [0.15, 0.2) is 23.2 Å². The first-order valence-corrected chi connectivity index (χ1v) is 5.42. The average molecular weight is 235 g/mol. The van der Waals surface area contributed by atoms with Crippen molar-refractivity contribution in [2.24, 2.45) is 5.73 Å². The Morgan fingerprint density at radius 3 is 2.71 bits per heavy atom. The third-order valence-electron chi connectivity index (χ3n) is 2.45. The van der Waals surface area contributed by atoms with Crippen molar-refractivity contribution in [3.63, 3.8) is 0 Å². The SMILES string of the molecule is [B]C(C)=CC(=CCN(C)C1OC1NC)C(N)=O. The highest BCUT2D eigenvalue weighted by atomic mass is 16.6. The molecule has 17 heavy (non-hydrogen) atoms. The zero-order valence-corrected chi connectivity index (χ0v) is 10.4. The fourth-order valence-electron chi connectivity index (χ4n) is 1.47. The van der Waals surface area contributed by atoms with Crippen LogP contribution < -0.4 is 11.1 Å². The molecule has 0 aromatic rings. The van der Waals surface area contributed by atoms with Gasteiger partial charge in [-0.2, -0.15) is 0 Å². The molecule has 6 heteroatoms. The van der Waals surface area contributed by atoms with Crippen molar-refractivity contribution in [3.05, 3.63) is 23.2 Å². The molecule has 5 nitrogen and oxygen atoms in total. The highest BCUT2D eigenvalue weighted by Gasteiger charge is 2.40.